The Kier molecular flexibility index (Phi) is 5.67. The number of alkyl halides is 3. The first-order valence-corrected chi connectivity index (χ1v) is 10.4. The predicted octanol–water partition coefficient (Wildman–Crippen LogP) is 3.77. The molecule has 0 amide bonds. The van der Waals surface area contributed by atoms with Gasteiger partial charge < -0.3 is 4.74 Å². The van der Waals surface area contributed by atoms with Crippen molar-refractivity contribution in [2.75, 3.05) is 32.5 Å². The summed E-state index contributed by atoms with van der Waals surface area (Å²) >= 11 is 0. The normalized spacial score (nSPS) is 16.0. The van der Waals surface area contributed by atoms with Gasteiger partial charge in [0, 0.05) is 25.3 Å². The van der Waals surface area contributed by atoms with Gasteiger partial charge in [-0.1, -0.05) is 18.2 Å². The molecule has 2 aromatic rings. The van der Waals surface area contributed by atoms with E-state index in [1.165, 1.54) is 29.2 Å². The second kappa shape index (κ2) is 7.71. The molecular formula is C19H19F4NO3S. The number of hydrogen-bond donors (Lipinski definition) is 0. The maximum Gasteiger partial charge on any atom is 0.401 e. The van der Waals surface area contributed by atoms with Crippen molar-refractivity contribution in [2.24, 2.45) is 5.92 Å². The highest BCUT2D eigenvalue weighted by Crippen LogP contribution is 2.28. The number of benzene rings is 2. The molecule has 0 N–H and O–H groups in total. The van der Waals surface area contributed by atoms with Gasteiger partial charge in [0.25, 0.3) is 0 Å². The molecule has 0 bridgehead atoms. The lowest BCUT2D eigenvalue weighted by Crippen LogP contribution is -2.52. The molecule has 0 unspecified atom stereocenters. The number of sulfone groups is 1. The van der Waals surface area contributed by atoms with E-state index in [-0.39, 0.29) is 36.3 Å². The topological polar surface area (TPSA) is 46.6 Å². The molecule has 0 aromatic heterocycles. The van der Waals surface area contributed by atoms with Crippen molar-refractivity contribution in [1.29, 1.82) is 0 Å². The van der Waals surface area contributed by atoms with Gasteiger partial charge in [0.2, 0.25) is 0 Å². The van der Waals surface area contributed by atoms with Crippen molar-refractivity contribution >= 4 is 9.84 Å². The first-order chi connectivity index (χ1) is 13.0. The molecule has 28 heavy (non-hydrogen) atoms. The molecule has 1 heterocycles. The Bertz CT molecular complexity index is 937. The zero-order valence-electron chi connectivity index (χ0n) is 15.0. The van der Waals surface area contributed by atoms with Crippen molar-refractivity contribution in [1.82, 2.24) is 4.90 Å². The minimum atomic E-state index is -4.21. The Labute approximate surface area is 160 Å². The number of halogens is 4. The van der Waals surface area contributed by atoms with Crippen LogP contribution in [-0.4, -0.2) is 52.0 Å². The SMILES string of the molecule is CS(=O)(=O)c1ccc(-c2ccc(OCC3CN(CC(F)(F)F)C3)c(F)c2)cc1. The van der Waals surface area contributed by atoms with Gasteiger partial charge >= 0.3 is 6.18 Å². The van der Waals surface area contributed by atoms with Gasteiger partial charge in [0.1, 0.15) is 0 Å². The molecule has 0 aliphatic carbocycles. The Morgan fingerprint density at radius 3 is 2.21 bits per heavy atom. The summed E-state index contributed by atoms with van der Waals surface area (Å²) in [6.07, 6.45) is -3.11. The molecule has 0 spiro atoms. The lowest BCUT2D eigenvalue weighted by atomic mass is 10.0. The van der Waals surface area contributed by atoms with Gasteiger partial charge in [-0.2, -0.15) is 13.2 Å². The second-order valence-electron chi connectivity index (χ2n) is 6.93. The average Bonchev–Trinajstić information content (AvgIpc) is 2.56. The van der Waals surface area contributed by atoms with Crippen LogP contribution in [0.15, 0.2) is 47.4 Å². The first kappa shape index (κ1) is 20.6. The number of hydrogen-bond acceptors (Lipinski definition) is 4. The maximum absolute atomic E-state index is 14.3. The average molecular weight is 417 g/mol. The van der Waals surface area contributed by atoms with Crippen LogP contribution >= 0.6 is 0 Å². The molecule has 1 aliphatic heterocycles. The molecular weight excluding hydrogens is 398 g/mol. The molecule has 4 nitrogen and oxygen atoms in total. The van der Waals surface area contributed by atoms with Crippen LogP contribution < -0.4 is 4.74 Å². The van der Waals surface area contributed by atoms with Crippen molar-refractivity contribution in [3.8, 4) is 16.9 Å². The fourth-order valence-electron chi connectivity index (χ4n) is 3.06. The highest BCUT2D eigenvalue weighted by atomic mass is 32.2. The quantitative estimate of drug-likeness (QED) is 0.672. The highest BCUT2D eigenvalue weighted by Gasteiger charge is 2.37. The third-order valence-corrected chi connectivity index (χ3v) is 5.59. The Balaban J connectivity index is 1.58. The van der Waals surface area contributed by atoms with Crippen molar-refractivity contribution in [2.45, 2.75) is 11.1 Å². The Hall–Kier alpha value is -2.13. The summed E-state index contributed by atoms with van der Waals surface area (Å²) in [5.41, 5.74) is 1.21. The zero-order valence-corrected chi connectivity index (χ0v) is 15.9. The summed E-state index contributed by atoms with van der Waals surface area (Å²) in [4.78, 5) is 1.45. The lowest BCUT2D eigenvalue weighted by molar-refractivity contribution is -0.160. The summed E-state index contributed by atoms with van der Waals surface area (Å²) < 4.78 is 79.5. The van der Waals surface area contributed by atoms with Gasteiger partial charge in [-0.05, 0) is 35.4 Å². The van der Waals surface area contributed by atoms with E-state index in [4.69, 9.17) is 4.74 Å². The van der Waals surface area contributed by atoms with Crippen LogP contribution in [0.5, 0.6) is 5.75 Å². The van der Waals surface area contributed by atoms with Gasteiger partial charge in [0.15, 0.2) is 21.4 Å². The Morgan fingerprint density at radius 1 is 1.07 bits per heavy atom. The van der Waals surface area contributed by atoms with E-state index >= 15 is 0 Å². The van der Waals surface area contributed by atoms with E-state index in [1.54, 1.807) is 18.2 Å². The standard InChI is InChI=1S/C19H19F4NO3S/c1-28(25,26)16-5-2-14(3-6-16)15-4-7-18(17(20)8-15)27-11-13-9-24(10-13)12-19(21,22)23/h2-8,13H,9-12H2,1H3. The van der Waals surface area contributed by atoms with Crippen LogP contribution in [0.4, 0.5) is 17.6 Å². The van der Waals surface area contributed by atoms with E-state index in [2.05, 4.69) is 0 Å². The molecule has 1 fully saturated rings. The molecule has 2 aromatic carbocycles. The smallest absolute Gasteiger partial charge is 0.401 e. The van der Waals surface area contributed by atoms with Crippen LogP contribution in [0.2, 0.25) is 0 Å². The number of likely N-dealkylation sites (tertiary alicyclic amines) is 1. The van der Waals surface area contributed by atoms with Gasteiger partial charge in [-0.25, -0.2) is 12.8 Å². The monoisotopic (exact) mass is 417 g/mol. The predicted molar refractivity (Wildman–Crippen MR) is 96.4 cm³/mol. The van der Waals surface area contributed by atoms with E-state index in [1.807, 2.05) is 0 Å². The maximum atomic E-state index is 14.3. The largest absolute Gasteiger partial charge is 0.490 e. The summed E-state index contributed by atoms with van der Waals surface area (Å²) in [6.45, 7) is -0.254. The van der Waals surface area contributed by atoms with E-state index in [0.29, 0.717) is 11.1 Å². The number of nitrogens with zero attached hydrogens (tertiary/aromatic N) is 1. The molecule has 1 aliphatic rings. The van der Waals surface area contributed by atoms with Crippen LogP contribution in [0, 0.1) is 11.7 Å². The van der Waals surface area contributed by atoms with E-state index in [0.717, 1.165) is 6.26 Å². The molecule has 0 saturated carbocycles. The van der Waals surface area contributed by atoms with E-state index < -0.39 is 28.4 Å². The number of rotatable bonds is 6. The molecule has 3 rings (SSSR count). The number of ether oxygens (including phenoxy) is 1. The lowest BCUT2D eigenvalue weighted by Gasteiger charge is -2.39. The van der Waals surface area contributed by atoms with Gasteiger partial charge in [-0.3, -0.25) is 4.90 Å². The molecule has 1 saturated heterocycles. The fraction of sp³-hybridized carbons (Fsp3) is 0.368. The summed E-state index contributed by atoms with van der Waals surface area (Å²) in [5.74, 6) is -0.619. The van der Waals surface area contributed by atoms with Crippen molar-refractivity contribution in [3.05, 3.63) is 48.3 Å². The molecule has 0 atom stereocenters. The highest BCUT2D eigenvalue weighted by molar-refractivity contribution is 7.90. The van der Waals surface area contributed by atoms with Crippen molar-refractivity contribution < 1.29 is 30.7 Å². The molecule has 152 valence electrons. The van der Waals surface area contributed by atoms with Crippen molar-refractivity contribution in [3.63, 3.8) is 0 Å². The van der Waals surface area contributed by atoms with Crippen LogP contribution in [0.3, 0.4) is 0 Å². The Morgan fingerprint density at radius 2 is 1.68 bits per heavy atom. The minimum Gasteiger partial charge on any atom is -0.490 e. The van der Waals surface area contributed by atoms with Crippen LogP contribution in [0.1, 0.15) is 0 Å². The van der Waals surface area contributed by atoms with E-state index in [9.17, 15) is 26.0 Å². The van der Waals surface area contributed by atoms with Gasteiger partial charge in [-0.15, -0.1) is 0 Å². The second-order valence-corrected chi connectivity index (χ2v) is 8.94. The fourth-order valence-corrected chi connectivity index (χ4v) is 3.70. The zero-order chi connectivity index (χ0) is 20.5. The third-order valence-electron chi connectivity index (χ3n) is 4.46. The molecule has 0 radical (unpaired) electrons. The summed E-state index contributed by atoms with van der Waals surface area (Å²) in [7, 11) is -3.30. The van der Waals surface area contributed by atoms with Gasteiger partial charge in [0.05, 0.1) is 18.0 Å². The third kappa shape index (κ3) is 5.23. The summed E-state index contributed by atoms with van der Waals surface area (Å²) in [6, 6.07) is 10.5. The minimum absolute atomic E-state index is 0.0331. The summed E-state index contributed by atoms with van der Waals surface area (Å²) in [5, 5.41) is 0. The first-order valence-electron chi connectivity index (χ1n) is 8.53. The molecule has 9 heteroatoms. The van der Waals surface area contributed by atoms with Crippen LogP contribution in [0.25, 0.3) is 11.1 Å². The van der Waals surface area contributed by atoms with Crippen LogP contribution in [-0.2, 0) is 9.84 Å².